The van der Waals surface area contributed by atoms with Crippen molar-refractivity contribution in [1.82, 2.24) is 20.0 Å². The maximum atomic E-state index is 4.60. The molecule has 1 fully saturated rings. The smallest absolute Gasteiger partial charge is 0.0635 e. The molecule has 2 rings (SSSR count). The Labute approximate surface area is 137 Å². The van der Waals surface area contributed by atoms with Crippen LogP contribution in [0, 0.1) is 5.92 Å². The second-order valence-corrected chi connectivity index (χ2v) is 7.22. The monoisotopic (exact) mass is 356 g/mol. The summed E-state index contributed by atoms with van der Waals surface area (Å²) in [6.45, 7) is 6.38. The third-order valence-electron chi connectivity index (χ3n) is 4.51. The van der Waals surface area contributed by atoms with Crippen LogP contribution in [0.5, 0.6) is 0 Å². The highest BCUT2D eigenvalue weighted by Gasteiger charge is 2.30. The summed E-state index contributed by atoms with van der Waals surface area (Å²) in [5.74, 6) is 1.38. The molecule has 1 aromatic heterocycles. The molecule has 1 heterocycles. The molecule has 2 unspecified atom stereocenters. The molecule has 2 atom stereocenters. The van der Waals surface area contributed by atoms with Gasteiger partial charge in [0.05, 0.1) is 22.9 Å². The Bertz CT molecular complexity index is 430. The van der Waals surface area contributed by atoms with Gasteiger partial charge in [-0.25, -0.2) is 0 Å². The zero-order chi connectivity index (χ0) is 15.2. The predicted molar refractivity (Wildman–Crippen MR) is 91.7 cm³/mol. The Morgan fingerprint density at radius 1 is 1.38 bits per heavy atom. The van der Waals surface area contributed by atoms with Crippen molar-refractivity contribution in [2.24, 2.45) is 5.92 Å². The average molecular weight is 357 g/mol. The van der Waals surface area contributed by atoms with Crippen LogP contribution < -0.4 is 5.32 Å². The lowest BCUT2D eigenvalue weighted by Crippen LogP contribution is -2.31. The van der Waals surface area contributed by atoms with E-state index in [-0.39, 0.29) is 0 Å². The van der Waals surface area contributed by atoms with Gasteiger partial charge in [-0.05, 0) is 61.9 Å². The van der Waals surface area contributed by atoms with Crippen LogP contribution in [0.3, 0.4) is 0 Å². The quantitative estimate of drug-likeness (QED) is 0.814. The van der Waals surface area contributed by atoms with Crippen LogP contribution in [0.2, 0.25) is 0 Å². The third-order valence-corrected chi connectivity index (χ3v) is 5.12. The van der Waals surface area contributed by atoms with Crippen molar-refractivity contribution >= 4 is 15.9 Å². The zero-order valence-electron chi connectivity index (χ0n) is 13.6. The molecule has 0 radical (unpaired) electrons. The van der Waals surface area contributed by atoms with Gasteiger partial charge in [0, 0.05) is 12.5 Å². The first kappa shape index (κ1) is 17.0. The summed E-state index contributed by atoms with van der Waals surface area (Å²) in [5.41, 5.74) is 1.42. The van der Waals surface area contributed by atoms with Crippen LogP contribution in [0.1, 0.15) is 44.2 Å². The topological polar surface area (TPSA) is 33.1 Å². The van der Waals surface area contributed by atoms with Crippen molar-refractivity contribution in [3.8, 4) is 0 Å². The van der Waals surface area contributed by atoms with Crippen molar-refractivity contribution in [1.29, 1.82) is 0 Å². The normalized spacial score (nSPS) is 22.9. The van der Waals surface area contributed by atoms with E-state index >= 15 is 0 Å². The molecule has 0 bridgehead atoms. The van der Waals surface area contributed by atoms with E-state index in [0.29, 0.717) is 5.92 Å². The third kappa shape index (κ3) is 4.54. The van der Waals surface area contributed by atoms with Gasteiger partial charge < -0.3 is 10.2 Å². The fraction of sp³-hybridized carbons (Fsp3) is 0.812. The second-order valence-electron chi connectivity index (χ2n) is 6.36. The van der Waals surface area contributed by atoms with Gasteiger partial charge in [0.25, 0.3) is 0 Å². The predicted octanol–water partition coefficient (Wildman–Crippen LogP) is 3.09. The summed E-state index contributed by atoms with van der Waals surface area (Å²) in [4.78, 5) is 2.22. The fourth-order valence-electron chi connectivity index (χ4n) is 3.36. The molecule has 0 spiro atoms. The Balaban J connectivity index is 2.15. The lowest BCUT2D eigenvalue weighted by molar-refractivity contribution is 0.279. The van der Waals surface area contributed by atoms with Crippen LogP contribution in [0.15, 0.2) is 10.7 Å². The van der Waals surface area contributed by atoms with Gasteiger partial charge in [0.15, 0.2) is 0 Å². The summed E-state index contributed by atoms with van der Waals surface area (Å²) in [6.07, 6.45) is 7.32. The summed E-state index contributed by atoms with van der Waals surface area (Å²) < 4.78 is 3.41. The van der Waals surface area contributed by atoms with Crippen LogP contribution in [0.4, 0.5) is 0 Å². The molecule has 120 valence electrons. The molecule has 0 saturated heterocycles. The standard InChI is InChI=1S/C16H29BrN4/c1-4-18-11-13-7-5-6-8-14(13)16-15(17)12-19-21(16)10-9-20(2)3/h12-14,18H,4-11H2,1-3H3. The number of hydrogen-bond acceptors (Lipinski definition) is 3. The molecule has 5 heteroatoms. The van der Waals surface area contributed by atoms with Crippen molar-refractivity contribution in [3.05, 3.63) is 16.4 Å². The van der Waals surface area contributed by atoms with Crippen molar-refractivity contribution < 1.29 is 0 Å². The number of likely N-dealkylation sites (N-methyl/N-ethyl adjacent to an activating group) is 1. The van der Waals surface area contributed by atoms with E-state index in [9.17, 15) is 0 Å². The molecule has 0 aromatic carbocycles. The lowest BCUT2D eigenvalue weighted by atomic mass is 9.77. The average Bonchev–Trinajstić information content (AvgIpc) is 2.84. The van der Waals surface area contributed by atoms with Crippen LogP contribution >= 0.6 is 15.9 Å². The number of aromatic nitrogens is 2. The van der Waals surface area contributed by atoms with Crippen molar-refractivity contribution in [2.45, 2.75) is 45.1 Å². The number of rotatable bonds is 7. The molecule has 0 aliphatic heterocycles. The first-order chi connectivity index (χ1) is 10.1. The molecule has 1 saturated carbocycles. The highest BCUT2D eigenvalue weighted by Crippen LogP contribution is 2.40. The summed E-state index contributed by atoms with van der Waals surface area (Å²) in [6, 6.07) is 0. The molecule has 1 N–H and O–H groups in total. The van der Waals surface area contributed by atoms with E-state index in [1.807, 2.05) is 6.20 Å². The molecule has 21 heavy (non-hydrogen) atoms. The number of nitrogens with one attached hydrogen (secondary N) is 1. The minimum atomic E-state index is 0.636. The number of nitrogens with zero attached hydrogens (tertiary/aromatic N) is 3. The minimum Gasteiger partial charge on any atom is -0.317 e. The Kier molecular flexibility index (Phi) is 6.71. The van der Waals surface area contributed by atoms with Gasteiger partial charge in [-0.15, -0.1) is 0 Å². The highest BCUT2D eigenvalue weighted by molar-refractivity contribution is 9.10. The Morgan fingerprint density at radius 2 is 2.14 bits per heavy atom. The number of halogens is 1. The van der Waals surface area contributed by atoms with E-state index in [1.54, 1.807) is 0 Å². The first-order valence-corrected chi connectivity index (χ1v) is 8.99. The molecule has 4 nitrogen and oxygen atoms in total. The molecule has 1 aromatic rings. The van der Waals surface area contributed by atoms with Crippen LogP contribution in [-0.4, -0.2) is 48.4 Å². The van der Waals surface area contributed by atoms with Crippen LogP contribution in [0.25, 0.3) is 0 Å². The highest BCUT2D eigenvalue weighted by atomic mass is 79.9. The van der Waals surface area contributed by atoms with Gasteiger partial charge >= 0.3 is 0 Å². The van der Waals surface area contributed by atoms with Crippen molar-refractivity contribution in [2.75, 3.05) is 33.7 Å². The Morgan fingerprint density at radius 3 is 2.86 bits per heavy atom. The molecule has 0 amide bonds. The van der Waals surface area contributed by atoms with Gasteiger partial charge in [-0.3, -0.25) is 4.68 Å². The summed E-state index contributed by atoms with van der Waals surface area (Å²) in [7, 11) is 4.24. The summed E-state index contributed by atoms with van der Waals surface area (Å²) in [5, 5.41) is 8.15. The van der Waals surface area contributed by atoms with Crippen LogP contribution in [-0.2, 0) is 6.54 Å². The first-order valence-electron chi connectivity index (χ1n) is 8.20. The number of hydrogen-bond donors (Lipinski definition) is 1. The minimum absolute atomic E-state index is 0.636. The van der Waals surface area contributed by atoms with Gasteiger partial charge in [-0.2, -0.15) is 5.10 Å². The molecular weight excluding hydrogens is 328 g/mol. The SMILES string of the molecule is CCNCC1CCCCC1c1c(Br)cnn1CCN(C)C. The zero-order valence-corrected chi connectivity index (χ0v) is 15.2. The molecule has 1 aliphatic carbocycles. The molecular formula is C16H29BrN4. The second kappa shape index (κ2) is 8.30. The van der Waals surface area contributed by atoms with E-state index in [1.165, 1.54) is 35.8 Å². The molecule has 1 aliphatic rings. The maximum Gasteiger partial charge on any atom is 0.0635 e. The van der Waals surface area contributed by atoms with Gasteiger partial charge in [-0.1, -0.05) is 19.8 Å². The maximum absolute atomic E-state index is 4.60. The van der Waals surface area contributed by atoms with E-state index < -0.39 is 0 Å². The van der Waals surface area contributed by atoms with E-state index in [4.69, 9.17) is 0 Å². The van der Waals surface area contributed by atoms with Gasteiger partial charge in [0.1, 0.15) is 0 Å². The fourth-order valence-corrected chi connectivity index (χ4v) is 3.95. The van der Waals surface area contributed by atoms with Crippen molar-refractivity contribution in [3.63, 3.8) is 0 Å². The lowest BCUT2D eigenvalue weighted by Gasteiger charge is -2.32. The van der Waals surface area contributed by atoms with E-state index in [2.05, 4.69) is 56.9 Å². The van der Waals surface area contributed by atoms with E-state index in [0.717, 1.165) is 32.1 Å². The largest absolute Gasteiger partial charge is 0.317 e. The Hall–Kier alpha value is -0.390. The van der Waals surface area contributed by atoms with Gasteiger partial charge in [0.2, 0.25) is 0 Å². The summed E-state index contributed by atoms with van der Waals surface area (Å²) >= 11 is 3.74.